The second kappa shape index (κ2) is 12.6. The van der Waals surface area contributed by atoms with Gasteiger partial charge in [-0.15, -0.1) is 0 Å². The van der Waals surface area contributed by atoms with E-state index in [0.717, 1.165) is 40.4 Å². The minimum absolute atomic E-state index is 0.181. The monoisotopic (exact) mass is 578 g/mol. The lowest BCUT2D eigenvalue weighted by Gasteiger charge is -2.20. The van der Waals surface area contributed by atoms with Crippen LogP contribution in [0.2, 0.25) is 0 Å². The molecular formula is C36H38N2O5. The maximum Gasteiger partial charge on any atom is 0.258 e. The number of phenolic OH excluding ortho intramolecular Hbond substituents is 1. The molecule has 6 rings (SSSR count). The number of aromatic hydroxyl groups is 1. The summed E-state index contributed by atoms with van der Waals surface area (Å²) in [6.07, 6.45) is 5.94. The summed E-state index contributed by atoms with van der Waals surface area (Å²) >= 11 is 0. The summed E-state index contributed by atoms with van der Waals surface area (Å²) in [6.45, 7) is 4.15. The van der Waals surface area contributed by atoms with Crippen molar-refractivity contribution in [1.82, 2.24) is 9.96 Å². The Bertz CT molecular complexity index is 1480. The van der Waals surface area contributed by atoms with Crippen molar-refractivity contribution in [3.8, 4) is 11.5 Å². The van der Waals surface area contributed by atoms with Crippen molar-refractivity contribution >= 4 is 23.0 Å². The molecule has 7 heteroatoms. The highest BCUT2D eigenvalue weighted by Gasteiger charge is 2.60. The Hall–Kier alpha value is -4.20. The Balaban J connectivity index is 1.03. The van der Waals surface area contributed by atoms with Crippen LogP contribution in [0.5, 0.6) is 11.5 Å². The van der Waals surface area contributed by atoms with Gasteiger partial charge in [0.15, 0.2) is 0 Å². The van der Waals surface area contributed by atoms with E-state index in [1.165, 1.54) is 11.1 Å². The van der Waals surface area contributed by atoms with E-state index in [1.807, 2.05) is 37.4 Å². The molecule has 0 aromatic heterocycles. The number of nitrogens with zero attached hydrogens (tertiary/aromatic N) is 2. The van der Waals surface area contributed by atoms with E-state index in [0.29, 0.717) is 19.7 Å². The van der Waals surface area contributed by atoms with E-state index >= 15 is 0 Å². The van der Waals surface area contributed by atoms with Gasteiger partial charge in [-0.05, 0) is 83.8 Å². The number of phenols is 1. The number of fused-ring (bicyclic) bond motifs is 5. The first kappa shape index (κ1) is 28.9. The number of hydroxylamine groups is 2. The van der Waals surface area contributed by atoms with Gasteiger partial charge in [-0.1, -0.05) is 73.7 Å². The van der Waals surface area contributed by atoms with Gasteiger partial charge in [0.05, 0.1) is 18.4 Å². The number of ether oxygens (including phenoxy) is 1. The lowest BCUT2D eigenvalue weighted by Crippen LogP contribution is -2.36. The predicted octanol–water partition coefficient (Wildman–Crippen LogP) is 5.81. The molecule has 0 radical (unpaired) electrons. The van der Waals surface area contributed by atoms with Crippen LogP contribution in [0, 0.1) is 23.7 Å². The molecule has 2 fully saturated rings. The number of hydrogen-bond acceptors (Lipinski definition) is 6. The maximum atomic E-state index is 12.8. The Kier molecular flexibility index (Phi) is 8.45. The van der Waals surface area contributed by atoms with Crippen LogP contribution in [0.4, 0.5) is 0 Å². The molecule has 1 saturated carbocycles. The number of carbonyl (C=O) groups excluding carboxylic acids is 2. The third kappa shape index (κ3) is 5.88. The van der Waals surface area contributed by atoms with Gasteiger partial charge < -0.3 is 14.7 Å². The highest BCUT2D eigenvalue weighted by molar-refractivity contribution is 6.05. The molecule has 1 saturated heterocycles. The maximum absolute atomic E-state index is 12.8. The van der Waals surface area contributed by atoms with Crippen LogP contribution in [-0.2, 0) is 14.4 Å². The summed E-state index contributed by atoms with van der Waals surface area (Å²) in [5.74, 6) is 0.548. The number of benzene rings is 3. The Labute approximate surface area is 253 Å². The highest BCUT2D eigenvalue weighted by atomic mass is 16.7. The smallest absolute Gasteiger partial charge is 0.258 e. The molecule has 43 heavy (non-hydrogen) atoms. The van der Waals surface area contributed by atoms with E-state index in [9.17, 15) is 14.7 Å². The molecule has 2 amide bonds. The van der Waals surface area contributed by atoms with E-state index in [4.69, 9.17) is 9.57 Å². The van der Waals surface area contributed by atoms with Crippen molar-refractivity contribution < 1.29 is 24.3 Å². The van der Waals surface area contributed by atoms with Gasteiger partial charge in [-0.3, -0.25) is 14.4 Å². The molecule has 1 heterocycles. The molecule has 0 spiro atoms. The first-order valence-corrected chi connectivity index (χ1v) is 15.1. The average Bonchev–Trinajstić information content (AvgIpc) is 3.72. The van der Waals surface area contributed by atoms with Crippen LogP contribution in [0.15, 0.2) is 91.0 Å². The zero-order valence-electron chi connectivity index (χ0n) is 24.7. The van der Waals surface area contributed by atoms with Crippen LogP contribution in [0.3, 0.4) is 0 Å². The molecule has 2 aliphatic carbocycles. The Morgan fingerprint density at radius 2 is 1.40 bits per heavy atom. The standard InChI is InChI=1S/C36H38N2O5/c1-3-31(24-7-5-4-6-8-24)32(25-11-15-29(39)16-12-25)26-13-17-30(18-14-26)42-21-19-37(2)20-22-43-38-35(40)33-27-9-10-28(23-27)34(33)36(38)41/h4-18,27-28,33-34,39H,3,19-23H2,1-2H3/b32-31-. The number of rotatable bonds is 12. The molecule has 3 aromatic carbocycles. The number of hydrogen-bond donors (Lipinski definition) is 1. The van der Waals surface area contributed by atoms with Crippen LogP contribution >= 0.6 is 0 Å². The van der Waals surface area contributed by atoms with Crippen molar-refractivity contribution in [2.24, 2.45) is 23.7 Å². The number of imide groups is 1. The quantitative estimate of drug-likeness (QED) is 0.166. The minimum atomic E-state index is -0.237. The van der Waals surface area contributed by atoms with Crippen LogP contribution in [-0.4, -0.2) is 60.2 Å². The SMILES string of the molecule is CC/C(=C(\c1ccc(O)cc1)c1ccc(OCCN(C)CCON2C(=O)C3C4C=CC(C4)C3C2=O)cc1)c1ccccc1. The molecule has 2 bridgehead atoms. The van der Waals surface area contributed by atoms with Crippen LogP contribution in [0.1, 0.15) is 36.5 Å². The van der Waals surface area contributed by atoms with Crippen LogP contribution < -0.4 is 4.74 Å². The largest absolute Gasteiger partial charge is 0.508 e. The molecule has 222 valence electrons. The lowest BCUT2D eigenvalue weighted by atomic mass is 9.85. The average molecular weight is 579 g/mol. The second-order valence-electron chi connectivity index (χ2n) is 11.6. The first-order chi connectivity index (χ1) is 20.9. The van der Waals surface area contributed by atoms with Gasteiger partial charge in [0, 0.05) is 13.1 Å². The number of allylic oxidation sites excluding steroid dienone is 3. The molecule has 4 atom stereocenters. The van der Waals surface area contributed by atoms with Crippen molar-refractivity contribution in [3.05, 3.63) is 108 Å². The molecule has 7 nitrogen and oxygen atoms in total. The first-order valence-electron chi connectivity index (χ1n) is 15.1. The van der Waals surface area contributed by atoms with Gasteiger partial charge in [-0.2, -0.15) is 5.06 Å². The van der Waals surface area contributed by atoms with Gasteiger partial charge in [-0.25, -0.2) is 0 Å². The fourth-order valence-electron chi connectivity index (χ4n) is 6.75. The third-order valence-electron chi connectivity index (χ3n) is 8.94. The topological polar surface area (TPSA) is 79.3 Å². The Morgan fingerprint density at radius 1 is 0.814 bits per heavy atom. The highest BCUT2D eigenvalue weighted by Crippen LogP contribution is 2.52. The number of likely N-dealkylation sites (N-methyl/N-ethyl adjacent to an activating group) is 1. The molecule has 3 aromatic rings. The van der Waals surface area contributed by atoms with Crippen molar-refractivity contribution in [2.45, 2.75) is 19.8 Å². The van der Waals surface area contributed by atoms with Gasteiger partial charge >= 0.3 is 0 Å². The van der Waals surface area contributed by atoms with Gasteiger partial charge in [0.2, 0.25) is 0 Å². The fourth-order valence-corrected chi connectivity index (χ4v) is 6.75. The molecular weight excluding hydrogens is 540 g/mol. The summed E-state index contributed by atoms with van der Waals surface area (Å²) in [7, 11) is 1.97. The molecule has 1 N–H and O–H groups in total. The lowest BCUT2D eigenvalue weighted by molar-refractivity contribution is -0.191. The van der Waals surface area contributed by atoms with Crippen molar-refractivity contribution in [3.63, 3.8) is 0 Å². The van der Waals surface area contributed by atoms with Crippen molar-refractivity contribution in [2.75, 3.05) is 33.4 Å². The fraction of sp³-hybridized carbons (Fsp3) is 0.333. The summed E-state index contributed by atoms with van der Waals surface area (Å²) in [5, 5.41) is 10.9. The summed E-state index contributed by atoms with van der Waals surface area (Å²) < 4.78 is 6.04. The van der Waals surface area contributed by atoms with E-state index < -0.39 is 0 Å². The number of carbonyl (C=O) groups is 2. The normalized spacial score (nSPS) is 22.8. The van der Waals surface area contributed by atoms with Crippen molar-refractivity contribution in [1.29, 1.82) is 0 Å². The van der Waals surface area contributed by atoms with E-state index in [2.05, 4.69) is 60.4 Å². The van der Waals surface area contributed by atoms with Crippen LogP contribution in [0.25, 0.3) is 11.1 Å². The van der Waals surface area contributed by atoms with E-state index in [-0.39, 0.29) is 47.8 Å². The summed E-state index contributed by atoms with van der Waals surface area (Å²) in [5.41, 5.74) is 5.65. The molecule has 3 aliphatic rings. The minimum Gasteiger partial charge on any atom is -0.508 e. The third-order valence-corrected chi connectivity index (χ3v) is 8.94. The zero-order valence-corrected chi connectivity index (χ0v) is 24.7. The second-order valence-corrected chi connectivity index (χ2v) is 11.6. The number of amides is 2. The van der Waals surface area contributed by atoms with Gasteiger partial charge in [0.1, 0.15) is 18.1 Å². The molecule has 4 unspecified atom stereocenters. The van der Waals surface area contributed by atoms with E-state index in [1.54, 1.807) is 12.1 Å². The summed E-state index contributed by atoms with van der Waals surface area (Å²) in [6, 6.07) is 25.9. The molecule has 1 aliphatic heterocycles. The summed E-state index contributed by atoms with van der Waals surface area (Å²) in [4.78, 5) is 33.3. The zero-order chi connectivity index (χ0) is 29.9. The van der Waals surface area contributed by atoms with Gasteiger partial charge in [0.25, 0.3) is 11.8 Å². The Morgan fingerprint density at radius 3 is 2.00 bits per heavy atom. The predicted molar refractivity (Wildman–Crippen MR) is 166 cm³/mol.